The molecule has 0 bridgehead atoms. The zero-order valence-electron chi connectivity index (χ0n) is 12.5. The molecule has 0 aliphatic rings. The van der Waals surface area contributed by atoms with Gasteiger partial charge in [-0.15, -0.1) is 0 Å². The average molecular weight is 300 g/mol. The van der Waals surface area contributed by atoms with E-state index in [1.807, 2.05) is 23.9 Å². The van der Waals surface area contributed by atoms with Crippen LogP contribution in [0.1, 0.15) is 39.7 Å². The summed E-state index contributed by atoms with van der Waals surface area (Å²) >= 11 is 8.14. The summed E-state index contributed by atoms with van der Waals surface area (Å²) in [6, 6.07) is 8.66. The van der Waals surface area contributed by atoms with Crippen molar-refractivity contribution >= 4 is 23.4 Å². The minimum absolute atomic E-state index is 0.294. The molecule has 0 radical (unpaired) electrons. The highest BCUT2D eigenvalue weighted by atomic mass is 35.5. The molecule has 0 amide bonds. The fraction of sp³-hybridized carbons (Fsp3) is 0.625. The van der Waals surface area contributed by atoms with Gasteiger partial charge in [-0.05, 0) is 30.0 Å². The van der Waals surface area contributed by atoms with Crippen LogP contribution < -0.4 is 5.32 Å². The lowest BCUT2D eigenvalue weighted by molar-refractivity contribution is 0.292. The topological polar surface area (TPSA) is 12.0 Å². The summed E-state index contributed by atoms with van der Waals surface area (Å²) in [5.74, 6) is 2.11. The third-order valence-corrected chi connectivity index (χ3v) is 4.64. The third-order valence-electron chi connectivity index (χ3n) is 3.19. The van der Waals surface area contributed by atoms with Crippen LogP contribution >= 0.6 is 23.4 Å². The van der Waals surface area contributed by atoms with Crippen LogP contribution in [-0.4, -0.2) is 18.3 Å². The first kappa shape index (κ1) is 16.9. The fourth-order valence-corrected chi connectivity index (χ4v) is 3.56. The van der Waals surface area contributed by atoms with Gasteiger partial charge < -0.3 is 5.32 Å². The van der Waals surface area contributed by atoms with Gasteiger partial charge in [0.15, 0.2) is 0 Å². The molecular formula is C16H26ClNS. The van der Waals surface area contributed by atoms with Gasteiger partial charge in [-0.1, -0.05) is 57.5 Å². The molecule has 0 fully saturated rings. The molecular weight excluding hydrogens is 274 g/mol. The summed E-state index contributed by atoms with van der Waals surface area (Å²) in [7, 11) is 0. The quantitative estimate of drug-likeness (QED) is 0.761. The second-order valence-corrected chi connectivity index (χ2v) is 7.42. The lowest BCUT2D eigenvalue weighted by Crippen LogP contribution is -2.42. The summed E-state index contributed by atoms with van der Waals surface area (Å²) in [5.41, 5.74) is 1.53. The molecule has 108 valence electrons. The number of benzene rings is 1. The lowest BCUT2D eigenvalue weighted by atomic mass is 9.88. The van der Waals surface area contributed by atoms with Crippen molar-refractivity contribution in [2.45, 2.75) is 45.9 Å². The lowest BCUT2D eigenvalue weighted by Gasteiger charge is -2.31. The highest BCUT2D eigenvalue weighted by molar-refractivity contribution is 7.98. The van der Waals surface area contributed by atoms with Gasteiger partial charge >= 0.3 is 0 Å². The van der Waals surface area contributed by atoms with E-state index in [1.165, 1.54) is 12.0 Å². The van der Waals surface area contributed by atoms with Crippen molar-refractivity contribution < 1.29 is 0 Å². The van der Waals surface area contributed by atoms with Crippen molar-refractivity contribution in [2.24, 2.45) is 5.41 Å². The molecule has 1 aromatic carbocycles. The van der Waals surface area contributed by atoms with Crippen molar-refractivity contribution in [1.29, 1.82) is 0 Å². The minimum Gasteiger partial charge on any atom is -0.313 e. The largest absolute Gasteiger partial charge is 0.313 e. The van der Waals surface area contributed by atoms with Gasteiger partial charge in [0.05, 0.1) is 0 Å². The normalized spacial score (nSPS) is 13.5. The van der Waals surface area contributed by atoms with Crippen LogP contribution in [0.15, 0.2) is 24.3 Å². The highest BCUT2D eigenvalue weighted by Crippen LogP contribution is 2.26. The van der Waals surface area contributed by atoms with E-state index in [0.29, 0.717) is 11.5 Å². The Morgan fingerprint density at radius 3 is 2.53 bits per heavy atom. The Labute approximate surface area is 127 Å². The minimum atomic E-state index is 0.294. The second kappa shape index (κ2) is 8.18. The van der Waals surface area contributed by atoms with Gasteiger partial charge in [0.1, 0.15) is 0 Å². The van der Waals surface area contributed by atoms with Gasteiger partial charge in [0.2, 0.25) is 0 Å². The molecule has 0 heterocycles. The summed E-state index contributed by atoms with van der Waals surface area (Å²) in [4.78, 5) is 0. The molecule has 19 heavy (non-hydrogen) atoms. The van der Waals surface area contributed by atoms with Crippen molar-refractivity contribution in [1.82, 2.24) is 5.32 Å². The summed E-state index contributed by atoms with van der Waals surface area (Å²) in [6.07, 6.45) is 1.18. The first-order chi connectivity index (χ1) is 8.95. The second-order valence-electron chi connectivity index (χ2n) is 5.98. The predicted octanol–water partition coefficient (Wildman–Crippen LogP) is 4.99. The van der Waals surface area contributed by atoms with Crippen LogP contribution in [0, 0.1) is 5.41 Å². The number of rotatable bonds is 7. The first-order valence-electron chi connectivity index (χ1n) is 6.99. The Morgan fingerprint density at radius 2 is 1.95 bits per heavy atom. The van der Waals surface area contributed by atoms with Crippen LogP contribution in [0.2, 0.25) is 5.02 Å². The maximum Gasteiger partial charge on any atom is 0.0446 e. The Hall–Kier alpha value is -0.180. The zero-order chi connectivity index (χ0) is 14.3. The van der Waals surface area contributed by atoms with Crippen LogP contribution in [0.5, 0.6) is 0 Å². The van der Waals surface area contributed by atoms with E-state index in [2.05, 4.69) is 45.1 Å². The number of hydrogen-bond acceptors (Lipinski definition) is 2. The van der Waals surface area contributed by atoms with Crippen molar-refractivity contribution in [3.8, 4) is 0 Å². The standard InChI is InChI=1S/C16H26ClNS/c1-5-10-18-15(16(2,3)4)12-19-11-13-8-6-7-9-14(13)17/h6-9,15,18H,5,10-12H2,1-4H3. The van der Waals surface area contributed by atoms with Crippen LogP contribution in [0.4, 0.5) is 0 Å². The van der Waals surface area contributed by atoms with E-state index in [9.17, 15) is 0 Å². The molecule has 1 atom stereocenters. The molecule has 0 spiro atoms. The molecule has 1 aromatic rings. The van der Waals surface area contributed by atoms with Crippen LogP contribution in [-0.2, 0) is 5.75 Å². The van der Waals surface area contributed by atoms with Gasteiger partial charge in [-0.2, -0.15) is 11.8 Å². The number of nitrogens with one attached hydrogen (secondary N) is 1. The van der Waals surface area contributed by atoms with Crippen LogP contribution in [0.3, 0.4) is 0 Å². The molecule has 0 aliphatic heterocycles. The van der Waals surface area contributed by atoms with E-state index >= 15 is 0 Å². The molecule has 1 unspecified atom stereocenters. The number of thioether (sulfide) groups is 1. The third kappa shape index (κ3) is 6.20. The maximum absolute atomic E-state index is 6.18. The Balaban J connectivity index is 2.46. The van der Waals surface area contributed by atoms with Crippen molar-refractivity contribution in [3.63, 3.8) is 0 Å². The Morgan fingerprint density at radius 1 is 1.26 bits per heavy atom. The molecule has 3 heteroatoms. The number of hydrogen-bond donors (Lipinski definition) is 1. The SMILES string of the molecule is CCCNC(CSCc1ccccc1Cl)C(C)(C)C. The molecule has 1 nitrogen and oxygen atoms in total. The summed E-state index contributed by atoms with van der Waals surface area (Å²) in [6.45, 7) is 10.2. The molecule has 0 saturated carbocycles. The smallest absolute Gasteiger partial charge is 0.0446 e. The average Bonchev–Trinajstić information content (AvgIpc) is 2.34. The van der Waals surface area contributed by atoms with Crippen LogP contribution in [0.25, 0.3) is 0 Å². The maximum atomic E-state index is 6.18. The number of halogens is 1. The van der Waals surface area contributed by atoms with Gasteiger partial charge in [0, 0.05) is 22.6 Å². The highest BCUT2D eigenvalue weighted by Gasteiger charge is 2.23. The van der Waals surface area contributed by atoms with Crippen molar-refractivity contribution in [2.75, 3.05) is 12.3 Å². The summed E-state index contributed by atoms with van der Waals surface area (Å²) in [5, 5.41) is 4.53. The van der Waals surface area contributed by atoms with Crippen molar-refractivity contribution in [3.05, 3.63) is 34.9 Å². The van der Waals surface area contributed by atoms with E-state index in [-0.39, 0.29) is 0 Å². The molecule has 0 saturated heterocycles. The molecule has 0 aromatic heterocycles. The molecule has 1 rings (SSSR count). The Kier molecular flexibility index (Phi) is 7.27. The zero-order valence-corrected chi connectivity index (χ0v) is 14.1. The Bertz CT molecular complexity index is 373. The molecule has 1 N–H and O–H groups in total. The van der Waals surface area contributed by atoms with Gasteiger partial charge in [-0.25, -0.2) is 0 Å². The first-order valence-corrected chi connectivity index (χ1v) is 8.53. The predicted molar refractivity (Wildman–Crippen MR) is 89.2 cm³/mol. The van der Waals surface area contributed by atoms with Gasteiger partial charge in [0.25, 0.3) is 0 Å². The fourth-order valence-electron chi connectivity index (χ4n) is 1.84. The van der Waals surface area contributed by atoms with Gasteiger partial charge in [-0.3, -0.25) is 0 Å². The van der Waals surface area contributed by atoms with E-state index in [0.717, 1.165) is 23.1 Å². The monoisotopic (exact) mass is 299 g/mol. The van der Waals surface area contributed by atoms with E-state index < -0.39 is 0 Å². The summed E-state index contributed by atoms with van der Waals surface area (Å²) < 4.78 is 0. The molecule has 0 aliphatic carbocycles. The van der Waals surface area contributed by atoms with E-state index in [4.69, 9.17) is 11.6 Å². The van der Waals surface area contributed by atoms with E-state index in [1.54, 1.807) is 0 Å².